The molecule has 5 rings (SSSR count). The minimum atomic E-state index is -0.403. The van der Waals surface area contributed by atoms with Crippen molar-refractivity contribution in [1.82, 2.24) is 5.01 Å². The molecule has 1 aromatic carbocycles. The van der Waals surface area contributed by atoms with Crippen LogP contribution in [0.1, 0.15) is 36.6 Å². The van der Waals surface area contributed by atoms with Gasteiger partial charge in [0, 0.05) is 12.0 Å². The highest BCUT2D eigenvalue weighted by Gasteiger charge is 2.53. The van der Waals surface area contributed by atoms with E-state index in [-0.39, 0.29) is 6.04 Å². The molecule has 0 unspecified atom stereocenters. The number of fused-ring (bicyclic) bond motifs is 4. The number of hydrogen-bond donors (Lipinski definition) is 1. The van der Waals surface area contributed by atoms with E-state index in [4.69, 9.17) is 19.0 Å². The Morgan fingerprint density at radius 2 is 2.08 bits per heavy atom. The largest absolute Gasteiger partial charge is 0.493 e. The summed E-state index contributed by atoms with van der Waals surface area (Å²) in [4.78, 5) is 1.54. The average molecular weight is 354 g/mol. The number of rotatable bonds is 2. The van der Waals surface area contributed by atoms with Crippen molar-refractivity contribution in [1.29, 1.82) is 0 Å². The van der Waals surface area contributed by atoms with Crippen LogP contribution >= 0.6 is 0 Å². The van der Waals surface area contributed by atoms with Crippen molar-refractivity contribution in [2.24, 2.45) is 5.10 Å². The fourth-order valence-corrected chi connectivity index (χ4v) is 4.42. The minimum absolute atomic E-state index is 0.160. The topological polar surface area (TPSA) is 51.6 Å². The fraction of sp³-hybridized carbons (Fsp3) is 0.450. The summed E-state index contributed by atoms with van der Waals surface area (Å²) in [7, 11) is 3.94. The van der Waals surface area contributed by atoms with E-state index in [0.29, 0.717) is 0 Å². The molecule has 0 radical (unpaired) electrons. The van der Waals surface area contributed by atoms with Crippen LogP contribution in [0.3, 0.4) is 0 Å². The van der Waals surface area contributed by atoms with Crippen molar-refractivity contribution < 1.29 is 18.8 Å². The first kappa shape index (κ1) is 15.8. The zero-order chi connectivity index (χ0) is 17.7. The van der Waals surface area contributed by atoms with E-state index in [1.54, 1.807) is 13.4 Å². The Hall–Kier alpha value is -2.47. The lowest BCUT2D eigenvalue weighted by Crippen LogP contribution is -3.11. The van der Waals surface area contributed by atoms with Gasteiger partial charge in [0.15, 0.2) is 11.5 Å². The molecule has 6 heteroatoms. The standard InChI is InChI=1S/C20H23N3O3/c1-22-10-8-20(9-11-22)23-16(13-15(21-23)17-7-4-12-25-17)14-5-3-6-18(24-2)19(14)26-20/h3-7,12,16H,8-11,13H2,1-2H3/p+1/t16-/m0/s1. The number of nitrogens with one attached hydrogen (secondary N) is 1. The maximum atomic E-state index is 6.66. The van der Waals surface area contributed by atoms with Crippen molar-refractivity contribution in [2.75, 3.05) is 27.2 Å². The molecule has 3 aliphatic heterocycles. The smallest absolute Gasteiger partial charge is 0.209 e. The van der Waals surface area contributed by atoms with Crippen molar-refractivity contribution in [2.45, 2.75) is 31.0 Å². The van der Waals surface area contributed by atoms with Gasteiger partial charge >= 0.3 is 0 Å². The molecular weight excluding hydrogens is 330 g/mol. The van der Waals surface area contributed by atoms with Gasteiger partial charge in [0.1, 0.15) is 11.5 Å². The van der Waals surface area contributed by atoms with E-state index in [1.807, 2.05) is 24.3 Å². The molecule has 2 aromatic rings. The lowest BCUT2D eigenvalue weighted by atomic mass is 9.91. The number of furan rings is 1. The lowest BCUT2D eigenvalue weighted by molar-refractivity contribution is -0.888. The van der Waals surface area contributed by atoms with Crippen LogP contribution in [-0.2, 0) is 0 Å². The van der Waals surface area contributed by atoms with Crippen molar-refractivity contribution in [3.05, 3.63) is 47.9 Å². The molecule has 1 atom stereocenters. The molecule has 0 saturated carbocycles. The number of likely N-dealkylation sites (tertiary alicyclic amines) is 1. The minimum Gasteiger partial charge on any atom is -0.493 e. The second-order valence-corrected chi connectivity index (χ2v) is 7.47. The van der Waals surface area contributed by atoms with Crippen LogP contribution in [0.5, 0.6) is 11.5 Å². The highest BCUT2D eigenvalue weighted by Crippen LogP contribution is 2.52. The van der Waals surface area contributed by atoms with Crippen LogP contribution in [0.25, 0.3) is 0 Å². The van der Waals surface area contributed by atoms with Crippen molar-refractivity contribution in [3.63, 3.8) is 0 Å². The van der Waals surface area contributed by atoms with Crippen LogP contribution in [0.15, 0.2) is 46.1 Å². The van der Waals surface area contributed by atoms with Crippen molar-refractivity contribution in [3.8, 4) is 11.5 Å². The normalized spacial score (nSPS) is 29.8. The summed E-state index contributed by atoms with van der Waals surface area (Å²) >= 11 is 0. The quantitative estimate of drug-likeness (QED) is 0.894. The van der Waals surface area contributed by atoms with Gasteiger partial charge in [0.2, 0.25) is 5.72 Å². The number of benzene rings is 1. The summed E-state index contributed by atoms with van der Waals surface area (Å²) in [5.74, 6) is 2.53. The summed E-state index contributed by atoms with van der Waals surface area (Å²) in [6.07, 6.45) is 4.42. The number of hydrogen-bond acceptors (Lipinski definition) is 5. The Kier molecular flexibility index (Phi) is 3.50. The lowest BCUT2D eigenvalue weighted by Gasteiger charge is -2.49. The second kappa shape index (κ2) is 5.77. The molecular formula is C20H24N3O3+. The van der Waals surface area contributed by atoms with Gasteiger partial charge in [-0.2, -0.15) is 5.10 Å². The second-order valence-electron chi connectivity index (χ2n) is 7.47. The summed E-state index contributed by atoms with van der Waals surface area (Å²) in [6.45, 7) is 2.14. The molecule has 0 aliphatic carbocycles. The van der Waals surface area contributed by atoms with Crippen LogP contribution < -0.4 is 14.4 Å². The highest BCUT2D eigenvalue weighted by atomic mass is 16.5. The summed E-state index contributed by atoms with van der Waals surface area (Å²) < 4.78 is 17.9. The van der Waals surface area contributed by atoms with Gasteiger partial charge in [-0.05, 0) is 18.2 Å². The van der Waals surface area contributed by atoms with Crippen LogP contribution in [-0.4, -0.2) is 43.7 Å². The van der Waals surface area contributed by atoms with Gasteiger partial charge < -0.3 is 18.8 Å². The van der Waals surface area contributed by atoms with Crippen LogP contribution in [0, 0.1) is 0 Å². The van der Waals surface area contributed by atoms with Crippen LogP contribution in [0.2, 0.25) is 0 Å². The molecule has 6 nitrogen and oxygen atoms in total. The Morgan fingerprint density at radius 1 is 1.23 bits per heavy atom. The molecule has 1 aromatic heterocycles. The first-order valence-electron chi connectivity index (χ1n) is 9.28. The van der Waals surface area contributed by atoms with Gasteiger partial charge in [-0.1, -0.05) is 12.1 Å². The zero-order valence-electron chi connectivity index (χ0n) is 15.2. The Labute approximate surface area is 153 Å². The predicted octanol–water partition coefficient (Wildman–Crippen LogP) is 1.84. The summed E-state index contributed by atoms with van der Waals surface area (Å²) in [5.41, 5.74) is 1.73. The van der Waals surface area contributed by atoms with Gasteiger partial charge in [-0.25, -0.2) is 5.01 Å². The number of para-hydroxylation sites is 1. The van der Waals surface area contributed by atoms with Gasteiger partial charge in [0.05, 0.1) is 52.4 Å². The average Bonchev–Trinajstić information content (AvgIpc) is 3.34. The Balaban J connectivity index is 1.62. The molecule has 136 valence electrons. The number of piperidine rings is 1. The molecule has 1 fully saturated rings. The predicted molar refractivity (Wildman–Crippen MR) is 96.6 cm³/mol. The fourth-order valence-electron chi connectivity index (χ4n) is 4.42. The third kappa shape index (κ3) is 2.25. The van der Waals surface area contributed by atoms with E-state index in [0.717, 1.165) is 60.9 Å². The number of nitrogens with zero attached hydrogens (tertiary/aromatic N) is 2. The maximum absolute atomic E-state index is 6.66. The summed E-state index contributed by atoms with van der Waals surface area (Å²) in [5, 5.41) is 7.20. The third-order valence-electron chi connectivity index (χ3n) is 5.90. The van der Waals surface area contributed by atoms with E-state index < -0.39 is 5.72 Å². The maximum Gasteiger partial charge on any atom is 0.209 e. The molecule has 4 heterocycles. The van der Waals surface area contributed by atoms with E-state index in [2.05, 4.69) is 18.1 Å². The number of hydrazone groups is 1. The third-order valence-corrected chi connectivity index (χ3v) is 5.90. The molecule has 0 amide bonds. The Bertz CT molecular complexity index is 838. The van der Waals surface area contributed by atoms with Crippen molar-refractivity contribution >= 4 is 5.71 Å². The summed E-state index contributed by atoms with van der Waals surface area (Å²) in [6, 6.07) is 10.2. The van der Waals surface area contributed by atoms with E-state index in [1.165, 1.54) is 4.90 Å². The van der Waals surface area contributed by atoms with E-state index >= 15 is 0 Å². The first-order chi connectivity index (χ1) is 12.7. The van der Waals surface area contributed by atoms with E-state index in [9.17, 15) is 0 Å². The zero-order valence-corrected chi connectivity index (χ0v) is 15.2. The molecule has 3 aliphatic rings. The molecule has 0 bridgehead atoms. The van der Waals surface area contributed by atoms with Gasteiger partial charge in [0.25, 0.3) is 0 Å². The highest BCUT2D eigenvalue weighted by molar-refractivity contribution is 5.99. The molecule has 1 spiro atoms. The SMILES string of the molecule is COc1cccc2c1OC1(CC[NH+](C)CC1)N1N=C(c3ccco3)C[C@@H]21. The van der Waals surface area contributed by atoms with Gasteiger partial charge in [-0.15, -0.1) is 0 Å². The van der Waals surface area contributed by atoms with Crippen LogP contribution in [0.4, 0.5) is 0 Å². The number of ether oxygens (including phenoxy) is 2. The Morgan fingerprint density at radius 3 is 2.81 bits per heavy atom. The first-order valence-corrected chi connectivity index (χ1v) is 9.28. The number of methoxy groups -OCH3 is 1. The number of quaternary nitrogens is 1. The molecule has 1 N–H and O–H groups in total. The monoisotopic (exact) mass is 354 g/mol. The molecule has 26 heavy (non-hydrogen) atoms. The van der Waals surface area contributed by atoms with Gasteiger partial charge in [-0.3, -0.25) is 0 Å². The molecule has 1 saturated heterocycles.